The summed E-state index contributed by atoms with van der Waals surface area (Å²) < 4.78 is 11.3. The first-order chi connectivity index (χ1) is 11.9. The third-order valence-electron chi connectivity index (χ3n) is 3.00. The molecule has 0 spiro atoms. The number of nitro benzene ring substituents is 2. The van der Waals surface area contributed by atoms with Crippen molar-refractivity contribution in [1.82, 2.24) is 0 Å². The number of halogens is 1. The molecule has 25 heavy (non-hydrogen) atoms. The van der Waals surface area contributed by atoms with Gasteiger partial charge in [0.1, 0.15) is 0 Å². The predicted octanol–water partition coefficient (Wildman–Crippen LogP) is 4.33. The Balaban J connectivity index is 2.54. The molecule has 0 N–H and O–H groups in total. The molecule has 0 bridgehead atoms. The van der Waals surface area contributed by atoms with Gasteiger partial charge in [-0.05, 0) is 35.0 Å². The zero-order valence-corrected chi connectivity index (χ0v) is 14.3. The minimum absolute atomic E-state index is 0.123. The number of rotatable bonds is 6. The van der Waals surface area contributed by atoms with Gasteiger partial charge in [-0.25, -0.2) is 0 Å². The average Bonchev–Trinajstić information content (AvgIpc) is 2.57. The monoisotopic (exact) mass is 407 g/mol. The van der Waals surface area contributed by atoms with Gasteiger partial charge in [0.25, 0.3) is 5.69 Å². The first kappa shape index (κ1) is 18.2. The van der Waals surface area contributed by atoms with Gasteiger partial charge in [-0.15, -0.1) is 0 Å². The molecule has 0 heterocycles. The predicted molar refractivity (Wildman–Crippen MR) is 89.9 cm³/mol. The molecule has 2 rings (SSSR count). The molecule has 0 radical (unpaired) electrons. The summed E-state index contributed by atoms with van der Waals surface area (Å²) in [6.07, 6.45) is 0. The number of ether oxygens (including phenoxy) is 2. The second-order valence-electron chi connectivity index (χ2n) is 4.60. The fourth-order valence-corrected chi connectivity index (χ4v) is 2.48. The summed E-state index contributed by atoms with van der Waals surface area (Å²) in [4.78, 5) is 20.5. The molecule has 10 heteroatoms. The summed E-state index contributed by atoms with van der Waals surface area (Å²) in [6.45, 7) is 2.01. The van der Waals surface area contributed by atoms with Crippen LogP contribution >= 0.6 is 15.9 Å². The number of benzene rings is 2. The molecule has 0 amide bonds. The van der Waals surface area contributed by atoms with Gasteiger partial charge in [-0.2, -0.15) is 5.26 Å². The van der Waals surface area contributed by atoms with Crippen molar-refractivity contribution in [3.63, 3.8) is 0 Å². The molecule has 9 nitrogen and oxygen atoms in total. The molecule has 2 aromatic rings. The summed E-state index contributed by atoms with van der Waals surface area (Å²) >= 11 is 3.23. The van der Waals surface area contributed by atoms with E-state index in [4.69, 9.17) is 14.7 Å². The Morgan fingerprint density at radius 3 is 2.44 bits per heavy atom. The van der Waals surface area contributed by atoms with E-state index in [-0.39, 0.29) is 23.9 Å². The standard InChI is InChI=1S/C15H10BrN3O6/c1-2-24-14-6-9(8-17)5-11(16)15(14)25-13-4-3-10(18(20)21)7-12(13)19(22)23/h3-7H,2H2,1H3. The first-order valence-corrected chi connectivity index (χ1v) is 7.63. The van der Waals surface area contributed by atoms with Crippen LogP contribution in [0.3, 0.4) is 0 Å². The topological polar surface area (TPSA) is 129 Å². The lowest BCUT2D eigenvalue weighted by molar-refractivity contribution is -0.394. The van der Waals surface area contributed by atoms with Crippen LogP contribution in [-0.4, -0.2) is 16.5 Å². The molecule has 0 aliphatic rings. The van der Waals surface area contributed by atoms with Crippen molar-refractivity contribution in [3.8, 4) is 23.3 Å². The van der Waals surface area contributed by atoms with Crippen LogP contribution in [-0.2, 0) is 0 Å². The lowest BCUT2D eigenvalue weighted by atomic mass is 10.2. The van der Waals surface area contributed by atoms with Gasteiger partial charge in [0.05, 0.1) is 38.6 Å². The molecular weight excluding hydrogens is 398 g/mol. The summed E-state index contributed by atoms with van der Waals surface area (Å²) in [7, 11) is 0. The van der Waals surface area contributed by atoms with Crippen LogP contribution in [0.15, 0.2) is 34.8 Å². The van der Waals surface area contributed by atoms with Crippen molar-refractivity contribution in [2.45, 2.75) is 6.92 Å². The van der Waals surface area contributed by atoms with Gasteiger partial charge in [0.2, 0.25) is 5.75 Å². The van der Waals surface area contributed by atoms with Crippen molar-refractivity contribution >= 4 is 27.3 Å². The van der Waals surface area contributed by atoms with Crippen LogP contribution in [0.5, 0.6) is 17.2 Å². The highest BCUT2D eigenvalue weighted by Crippen LogP contribution is 2.42. The Hall–Kier alpha value is -3.19. The minimum Gasteiger partial charge on any atom is -0.490 e. The van der Waals surface area contributed by atoms with Crippen LogP contribution in [0.2, 0.25) is 0 Å². The van der Waals surface area contributed by atoms with E-state index in [2.05, 4.69) is 15.9 Å². The van der Waals surface area contributed by atoms with Crippen molar-refractivity contribution in [3.05, 3.63) is 60.6 Å². The molecule has 0 saturated carbocycles. The molecule has 128 valence electrons. The van der Waals surface area contributed by atoms with Gasteiger partial charge in [0, 0.05) is 12.1 Å². The van der Waals surface area contributed by atoms with Crippen molar-refractivity contribution in [2.24, 2.45) is 0 Å². The van der Waals surface area contributed by atoms with E-state index in [0.29, 0.717) is 10.0 Å². The second-order valence-corrected chi connectivity index (χ2v) is 5.45. The maximum Gasteiger partial charge on any atom is 0.318 e. The van der Waals surface area contributed by atoms with Gasteiger partial charge in [-0.3, -0.25) is 20.2 Å². The maximum absolute atomic E-state index is 11.2. The molecule has 0 fully saturated rings. The van der Waals surface area contributed by atoms with Gasteiger partial charge in [0.15, 0.2) is 11.5 Å². The highest BCUT2D eigenvalue weighted by atomic mass is 79.9. The molecule has 0 saturated heterocycles. The molecule has 0 unspecified atom stereocenters. The average molecular weight is 408 g/mol. The van der Waals surface area contributed by atoms with Crippen molar-refractivity contribution < 1.29 is 19.3 Å². The normalized spacial score (nSPS) is 9.96. The third-order valence-corrected chi connectivity index (χ3v) is 3.59. The van der Waals surface area contributed by atoms with Gasteiger partial charge >= 0.3 is 5.69 Å². The summed E-state index contributed by atoms with van der Waals surface area (Å²) in [5.41, 5.74) is -0.684. The molecule has 0 aliphatic carbocycles. The number of nitro groups is 2. The quantitative estimate of drug-likeness (QED) is 0.514. The Bertz CT molecular complexity index is 894. The largest absolute Gasteiger partial charge is 0.490 e. The maximum atomic E-state index is 11.2. The molecule has 0 atom stereocenters. The Labute approximate surface area is 149 Å². The fourth-order valence-electron chi connectivity index (χ4n) is 1.95. The van der Waals surface area contributed by atoms with Gasteiger partial charge < -0.3 is 9.47 Å². The zero-order chi connectivity index (χ0) is 18.6. The third kappa shape index (κ3) is 4.02. The van der Waals surface area contributed by atoms with Crippen LogP contribution in [0.25, 0.3) is 0 Å². The van der Waals surface area contributed by atoms with Crippen LogP contribution in [0.4, 0.5) is 11.4 Å². The summed E-state index contributed by atoms with van der Waals surface area (Å²) in [6, 6.07) is 7.90. The lowest BCUT2D eigenvalue weighted by Gasteiger charge is -2.13. The number of hydrogen-bond donors (Lipinski definition) is 0. The lowest BCUT2D eigenvalue weighted by Crippen LogP contribution is -1.99. The SMILES string of the molecule is CCOc1cc(C#N)cc(Br)c1Oc1ccc([N+](=O)[O-])cc1[N+](=O)[O-]. The molecular formula is C15H10BrN3O6. The molecule has 2 aromatic carbocycles. The fraction of sp³-hybridized carbons (Fsp3) is 0.133. The smallest absolute Gasteiger partial charge is 0.318 e. The van der Waals surface area contributed by atoms with Crippen molar-refractivity contribution in [2.75, 3.05) is 6.61 Å². The number of nitrogens with zero attached hydrogens (tertiary/aromatic N) is 3. The van der Waals surface area contributed by atoms with E-state index in [9.17, 15) is 20.2 Å². The van der Waals surface area contributed by atoms with Crippen LogP contribution in [0.1, 0.15) is 12.5 Å². The van der Waals surface area contributed by atoms with Crippen LogP contribution in [0, 0.1) is 31.6 Å². The number of hydrogen-bond acceptors (Lipinski definition) is 7. The summed E-state index contributed by atoms with van der Waals surface area (Å²) in [5, 5.41) is 31.0. The molecule has 0 aliphatic heterocycles. The van der Waals surface area contributed by atoms with Crippen molar-refractivity contribution in [1.29, 1.82) is 5.26 Å². The van der Waals surface area contributed by atoms with Gasteiger partial charge in [-0.1, -0.05) is 0 Å². The first-order valence-electron chi connectivity index (χ1n) is 6.84. The van der Waals surface area contributed by atoms with E-state index in [1.54, 1.807) is 6.92 Å². The Kier molecular flexibility index (Phi) is 5.51. The zero-order valence-electron chi connectivity index (χ0n) is 12.8. The number of nitriles is 1. The second kappa shape index (κ2) is 7.59. The van der Waals surface area contributed by atoms with E-state index in [0.717, 1.165) is 18.2 Å². The van der Waals surface area contributed by atoms with E-state index >= 15 is 0 Å². The van der Waals surface area contributed by atoms with E-state index < -0.39 is 21.2 Å². The highest BCUT2D eigenvalue weighted by Gasteiger charge is 2.23. The minimum atomic E-state index is -0.778. The Morgan fingerprint density at radius 2 is 1.88 bits per heavy atom. The van der Waals surface area contributed by atoms with E-state index in [1.165, 1.54) is 12.1 Å². The van der Waals surface area contributed by atoms with E-state index in [1.807, 2.05) is 6.07 Å². The van der Waals surface area contributed by atoms with Crippen LogP contribution < -0.4 is 9.47 Å². The number of non-ortho nitro benzene ring substituents is 1. The Morgan fingerprint density at radius 1 is 1.16 bits per heavy atom. The summed E-state index contributed by atoms with van der Waals surface area (Å²) in [5.74, 6) is 0.140. The highest BCUT2D eigenvalue weighted by molar-refractivity contribution is 9.10. The molecule has 0 aromatic heterocycles.